The van der Waals surface area contributed by atoms with Gasteiger partial charge in [0, 0.05) is 19.2 Å². The monoisotopic (exact) mass is 334 g/mol. The molecule has 1 saturated heterocycles. The summed E-state index contributed by atoms with van der Waals surface area (Å²) in [6.07, 6.45) is 6.06. The van der Waals surface area contributed by atoms with Crippen molar-refractivity contribution in [3.8, 4) is 5.75 Å². The molecule has 7 heteroatoms. The highest BCUT2D eigenvalue weighted by Gasteiger charge is 2.12. The maximum absolute atomic E-state index is 10.4. The average molecular weight is 334 g/mol. The lowest BCUT2D eigenvalue weighted by atomic mass is 10.2. The van der Waals surface area contributed by atoms with Crippen LogP contribution in [0.25, 0.3) is 6.08 Å². The fourth-order valence-corrected chi connectivity index (χ4v) is 1.80. The van der Waals surface area contributed by atoms with Gasteiger partial charge in [-0.25, -0.2) is 9.59 Å². The zero-order valence-corrected chi connectivity index (χ0v) is 13.6. The third kappa shape index (κ3) is 8.00. The van der Waals surface area contributed by atoms with Crippen LogP contribution in [-0.2, 0) is 9.53 Å². The molecule has 24 heavy (non-hydrogen) atoms. The summed E-state index contributed by atoms with van der Waals surface area (Å²) in [6.45, 7) is 2.50. The Bertz CT molecular complexity index is 575. The van der Waals surface area contributed by atoms with Crippen LogP contribution in [0.15, 0.2) is 42.5 Å². The number of urea groups is 1. The van der Waals surface area contributed by atoms with Gasteiger partial charge in [0.25, 0.3) is 0 Å². The molecule has 0 spiro atoms. The zero-order chi connectivity index (χ0) is 17.8. The number of morpholine rings is 1. The largest absolute Gasteiger partial charge is 0.497 e. The molecule has 1 aromatic rings. The van der Waals surface area contributed by atoms with Crippen LogP contribution in [0.3, 0.4) is 0 Å². The summed E-state index contributed by atoms with van der Waals surface area (Å²) in [5.74, 6) is -0.150. The van der Waals surface area contributed by atoms with Gasteiger partial charge in [0.2, 0.25) is 0 Å². The quantitative estimate of drug-likeness (QED) is 0.645. The van der Waals surface area contributed by atoms with E-state index in [2.05, 4.69) is 0 Å². The van der Waals surface area contributed by atoms with E-state index in [1.807, 2.05) is 30.3 Å². The summed E-state index contributed by atoms with van der Waals surface area (Å²) in [7, 11) is 1.61. The topological polar surface area (TPSA) is 102 Å². The van der Waals surface area contributed by atoms with Crippen LogP contribution in [0, 0.1) is 0 Å². The van der Waals surface area contributed by atoms with Gasteiger partial charge in [0.1, 0.15) is 5.75 Å². The van der Waals surface area contributed by atoms with E-state index in [1.54, 1.807) is 18.1 Å². The Morgan fingerprint density at radius 2 is 1.83 bits per heavy atom. The van der Waals surface area contributed by atoms with Gasteiger partial charge in [-0.15, -0.1) is 0 Å². The van der Waals surface area contributed by atoms with Gasteiger partial charge in [0.05, 0.1) is 20.3 Å². The third-order valence-electron chi connectivity index (χ3n) is 3.08. The number of carboxylic acid groups (broad SMARTS) is 1. The second-order valence-electron chi connectivity index (χ2n) is 4.77. The van der Waals surface area contributed by atoms with Gasteiger partial charge >= 0.3 is 12.0 Å². The molecule has 0 saturated carbocycles. The van der Waals surface area contributed by atoms with E-state index in [-0.39, 0.29) is 6.03 Å². The maximum Gasteiger partial charge on any atom is 0.328 e. The molecule has 3 N–H and O–H groups in total. The Morgan fingerprint density at radius 1 is 1.21 bits per heavy atom. The van der Waals surface area contributed by atoms with E-state index in [4.69, 9.17) is 20.3 Å². The number of carboxylic acids is 1. The number of hydrogen-bond donors (Lipinski definition) is 2. The van der Waals surface area contributed by atoms with Crippen molar-refractivity contribution in [3.05, 3.63) is 48.1 Å². The number of amides is 2. The van der Waals surface area contributed by atoms with Gasteiger partial charge in [-0.3, -0.25) is 0 Å². The number of methoxy groups -OCH3 is 1. The Labute approximate surface area is 141 Å². The Balaban J connectivity index is 0.000000272. The van der Waals surface area contributed by atoms with Crippen LogP contribution in [-0.4, -0.2) is 55.4 Å². The van der Waals surface area contributed by atoms with Crippen LogP contribution >= 0.6 is 0 Å². The Morgan fingerprint density at radius 3 is 2.29 bits per heavy atom. The van der Waals surface area contributed by atoms with Gasteiger partial charge in [-0.05, 0) is 17.7 Å². The summed E-state index contributed by atoms with van der Waals surface area (Å²) in [5.41, 5.74) is 5.99. The third-order valence-corrected chi connectivity index (χ3v) is 3.08. The highest BCUT2D eigenvalue weighted by atomic mass is 16.5. The first kappa shape index (κ1) is 19.2. The van der Waals surface area contributed by atoms with Crippen molar-refractivity contribution < 1.29 is 24.2 Å². The van der Waals surface area contributed by atoms with E-state index in [0.717, 1.165) is 17.4 Å². The minimum absolute atomic E-state index is 0.349. The van der Waals surface area contributed by atoms with Gasteiger partial charge in [0.15, 0.2) is 0 Å². The van der Waals surface area contributed by atoms with Crippen molar-refractivity contribution >= 4 is 18.1 Å². The van der Waals surface area contributed by atoms with Crippen molar-refractivity contribution in [2.45, 2.75) is 0 Å². The van der Waals surface area contributed by atoms with E-state index >= 15 is 0 Å². The van der Waals surface area contributed by atoms with E-state index in [0.29, 0.717) is 26.3 Å². The molecule has 1 aliphatic heterocycles. The molecule has 1 aromatic carbocycles. The molecule has 7 nitrogen and oxygen atoms in total. The van der Waals surface area contributed by atoms with Crippen LogP contribution in [0.5, 0.6) is 5.75 Å². The fraction of sp³-hybridized carbons (Fsp3) is 0.294. The average Bonchev–Trinajstić information content (AvgIpc) is 2.60. The summed E-state index contributed by atoms with van der Waals surface area (Å²) in [4.78, 5) is 22.2. The summed E-state index contributed by atoms with van der Waals surface area (Å²) < 4.78 is 10.0. The van der Waals surface area contributed by atoms with Crippen LogP contribution in [0.1, 0.15) is 5.56 Å². The first-order chi connectivity index (χ1) is 11.5. The number of primary amides is 1. The number of carbonyl (C=O) groups is 2. The molecule has 1 aliphatic rings. The fourth-order valence-electron chi connectivity index (χ4n) is 1.80. The van der Waals surface area contributed by atoms with Crippen LogP contribution in [0.2, 0.25) is 0 Å². The number of hydrogen-bond acceptors (Lipinski definition) is 4. The van der Waals surface area contributed by atoms with E-state index in [9.17, 15) is 9.59 Å². The maximum atomic E-state index is 10.4. The highest BCUT2D eigenvalue weighted by Crippen LogP contribution is 2.12. The number of benzene rings is 1. The number of ether oxygens (including phenoxy) is 2. The molecule has 2 rings (SSSR count). The predicted octanol–water partition coefficient (Wildman–Crippen LogP) is 1.75. The lowest BCUT2D eigenvalue weighted by Gasteiger charge is -2.24. The molecule has 0 radical (unpaired) electrons. The van der Waals surface area contributed by atoms with E-state index in [1.165, 1.54) is 6.08 Å². The lowest BCUT2D eigenvalue weighted by molar-refractivity contribution is -0.131. The second kappa shape index (κ2) is 10.8. The van der Waals surface area contributed by atoms with Crippen molar-refractivity contribution in [1.82, 2.24) is 4.90 Å². The number of rotatable bonds is 4. The molecule has 0 aromatic heterocycles. The van der Waals surface area contributed by atoms with Crippen LogP contribution < -0.4 is 10.5 Å². The van der Waals surface area contributed by atoms with Gasteiger partial charge in [-0.2, -0.15) is 0 Å². The SMILES string of the molecule is COc1ccc(/C=C/C=C/C(=O)O)cc1.NC(=O)N1CCOCC1. The smallest absolute Gasteiger partial charge is 0.328 e. The minimum atomic E-state index is -0.950. The molecule has 0 unspecified atom stereocenters. The Hall–Kier alpha value is -2.80. The molecule has 1 heterocycles. The highest BCUT2D eigenvalue weighted by molar-refractivity contribution is 5.80. The van der Waals surface area contributed by atoms with Crippen LogP contribution in [0.4, 0.5) is 4.79 Å². The van der Waals surface area contributed by atoms with E-state index < -0.39 is 5.97 Å². The summed E-state index contributed by atoms with van der Waals surface area (Å²) in [5, 5.41) is 8.34. The standard InChI is InChI=1S/C12H12O3.C5H10N2O2/c1-15-11-8-6-10(7-9-11)4-2-3-5-12(13)14;6-5(8)7-1-3-9-4-2-7/h2-9H,1H3,(H,13,14);1-4H2,(H2,6,8)/b4-2+,5-3+;. The van der Waals surface area contributed by atoms with Crippen molar-refractivity contribution in [1.29, 1.82) is 0 Å². The number of carbonyl (C=O) groups excluding carboxylic acids is 1. The summed E-state index contributed by atoms with van der Waals surface area (Å²) >= 11 is 0. The van der Waals surface area contributed by atoms with Crippen molar-refractivity contribution in [3.63, 3.8) is 0 Å². The predicted molar refractivity (Wildman–Crippen MR) is 90.8 cm³/mol. The summed E-state index contributed by atoms with van der Waals surface area (Å²) in [6, 6.07) is 7.13. The molecule has 130 valence electrons. The first-order valence-corrected chi connectivity index (χ1v) is 7.37. The van der Waals surface area contributed by atoms with Gasteiger partial charge in [-0.1, -0.05) is 30.4 Å². The number of allylic oxidation sites excluding steroid dienone is 2. The Kier molecular flexibility index (Phi) is 8.70. The molecule has 2 amide bonds. The van der Waals surface area contributed by atoms with Crippen molar-refractivity contribution in [2.24, 2.45) is 5.73 Å². The number of aliphatic carboxylic acids is 1. The first-order valence-electron chi connectivity index (χ1n) is 7.37. The number of nitrogens with zero attached hydrogens (tertiary/aromatic N) is 1. The molecular weight excluding hydrogens is 312 g/mol. The minimum Gasteiger partial charge on any atom is -0.497 e. The lowest BCUT2D eigenvalue weighted by Crippen LogP contribution is -2.43. The molecule has 1 fully saturated rings. The van der Waals surface area contributed by atoms with Gasteiger partial charge < -0.3 is 25.2 Å². The molecular formula is C17H22N2O5. The molecule has 0 bridgehead atoms. The normalized spacial score (nSPS) is 14.3. The number of nitrogens with two attached hydrogens (primary N) is 1. The van der Waals surface area contributed by atoms with Crippen molar-refractivity contribution in [2.75, 3.05) is 33.4 Å². The molecule has 0 atom stereocenters. The zero-order valence-electron chi connectivity index (χ0n) is 13.6. The molecule has 0 aliphatic carbocycles. The second-order valence-corrected chi connectivity index (χ2v) is 4.77.